The Hall–Kier alpha value is -2.91. The average molecular weight is 470 g/mol. The van der Waals surface area contributed by atoms with E-state index in [1.807, 2.05) is 30.3 Å². The molecular formula is C25H35N5O4. The number of primary amides is 1. The van der Waals surface area contributed by atoms with Crippen LogP contribution in [0.15, 0.2) is 41.6 Å². The van der Waals surface area contributed by atoms with Gasteiger partial charge in [0.2, 0.25) is 5.91 Å². The van der Waals surface area contributed by atoms with Crippen LogP contribution >= 0.6 is 0 Å². The van der Waals surface area contributed by atoms with E-state index in [2.05, 4.69) is 20.4 Å². The van der Waals surface area contributed by atoms with Gasteiger partial charge in [-0.05, 0) is 51.3 Å². The molecule has 0 aliphatic carbocycles. The number of carbonyl (C=O) groups excluding carboxylic acids is 3. The minimum atomic E-state index is -0.612. The molecule has 4 N–H and O–H groups in total. The molecule has 0 spiro atoms. The van der Waals surface area contributed by atoms with E-state index in [0.717, 1.165) is 31.5 Å². The quantitative estimate of drug-likeness (QED) is 0.523. The van der Waals surface area contributed by atoms with E-state index in [1.165, 1.54) is 6.42 Å². The van der Waals surface area contributed by atoms with Crippen molar-refractivity contribution in [1.29, 1.82) is 0 Å². The van der Waals surface area contributed by atoms with Crippen molar-refractivity contribution in [3.63, 3.8) is 0 Å². The summed E-state index contributed by atoms with van der Waals surface area (Å²) >= 11 is 0. The lowest BCUT2D eigenvalue weighted by Crippen LogP contribution is -2.63. The lowest BCUT2D eigenvalue weighted by atomic mass is 9.83. The lowest BCUT2D eigenvalue weighted by Gasteiger charge is -2.48. The number of piperidine rings is 2. The standard InChI is InChI=1S/C25H35N5O4/c1-2-34-22(31)20-19(27-24(33)28-21(20)18-9-5-3-6-10-18)17-29-15-11-25(12-16-29,23(26)32)30-13-7-4-8-14-30/h3,5-6,9-10,21H,2,4,7-8,11-17H2,1H3,(H2,26,32)(H2,27,28,33). The van der Waals surface area contributed by atoms with E-state index >= 15 is 0 Å². The summed E-state index contributed by atoms with van der Waals surface area (Å²) in [6.07, 6.45) is 4.65. The number of ether oxygens (including phenoxy) is 1. The zero-order chi connectivity index (χ0) is 24.1. The average Bonchev–Trinajstić information content (AvgIpc) is 2.85. The fourth-order valence-electron chi connectivity index (χ4n) is 5.43. The summed E-state index contributed by atoms with van der Waals surface area (Å²) in [6, 6.07) is 8.46. The topological polar surface area (TPSA) is 117 Å². The maximum absolute atomic E-state index is 13.0. The summed E-state index contributed by atoms with van der Waals surface area (Å²) in [5.41, 5.74) is 7.08. The number of nitrogens with one attached hydrogen (secondary N) is 2. The van der Waals surface area contributed by atoms with Gasteiger partial charge in [-0.1, -0.05) is 36.8 Å². The van der Waals surface area contributed by atoms with E-state index in [0.29, 0.717) is 43.7 Å². The summed E-state index contributed by atoms with van der Waals surface area (Å²) in [5, 5.41) is 5.71. The Morgan fingerprint density at radius 3 is 2.38 bits per heavy atom. The zero-order valence-corrected chi connectivity index (χ0v) is 19.8. The number of carbonyl (C=O) groups is 3. The van der Waals surface area contributed by atoms with Gasteiger partial charge in [-0.2, -0.15) is 0 Å². The molecular weight excluding hydrogens is 434 g/mol. The summed E-state index contributed by atoms with van der Waals surface area (Å²) in [5.74, 6) is -0.699. The molecule has 0 saturated carbocycles. The fraction of sp³-hybridized carbons (Fsp3) is 0.560. The maximum atomic E-state index is 13.0. The Bertz CT molecular complexity index is 934. The molecule has 0 aromatic heterocycles. The summed E-state index contributed by atoms with van der Waals surface area (Å²) in [7, 11) is 0. The number of hydrogen-bond acceptors (Lipinski definition) is 6. The molecule has 3 amide bonds. The predicted molar refractivity (Wildman–Crippen MR) is 128 cm³/mol. The summed E-state index contributed by atoms with van der Waals surface area (Å²) < 4.78 is 5.36. The molecule has 9 heteroatoms. The molecule has 1 atom stereocenters. The monoisotopic (exact) mass is 469 g/mol. The van der Waals surface area contributed by atoms with Gasteiger partial charge in [0.1, 0.15) is 5.54 Å². The third kappa shape index (κ3) is 4.95. The molecule has 2 fully saturated rings. The highest BCUT2D eigenvalue weighted by Crippen LogP contribution is 2.33. The number of amides is 3. The first kappa shape index (κ1) is 24.2. The van der Waals surface area contributed by atoms with Gasteiger partial charge < -0.3 is 21.1 Å². The molecule has 4 rings (SSSR count). The molecule has 184 valence electrons. The van der Waals surface area contributed by atoms with Gasteiger partial charge in [0.05, 0.1) is 18.2 Å². The van der Waals surface area contributed by atoms with Crippen LogP contribution in [0.3, 0.4) is 0 Å². The third-order valence-corrected chi connectivity index (χ3v) is 7.27. The van der Waals surface area contributed by atoms with Gasteiger partial charge in [0, 0.05) is 25.3 Å². The van der Waals surface area contributed by atoms with Crippen LogP contribution in [0, 0.1) is 0 Å². The fourth-order valence-corrected chi connectivity index (χ4v) is 5.43. The van der Waals surface area contributed by atoms with Crippen molar-refractivity contribution in [2.75, 3.05) is 39.3 Å². The van der Waals surface area contributed by atoms with E-state index in [4.69, 9.17) is 10.5 Å². The Morgan fingerprint density at radius 1 is 1.09 bits per heavy atom. The molecule has 1 unspecified atom stereocenters. The van der Waals surface area contributed by atoms with Crippen molar-refractivity contribution in [3.05, 3.63) is 47.2 Å². The summed E-state index contributed by atoms with van der Waals surface area (Å²) in [4.78, 5) is 42.5. The number of esters is 1. The molecule has 34 heavy (non-hydrogen) atoms. The zero-order valence-electron chi connectivity index (χ0n) is 19.8. The van der Waals surface area contributed by atoms with Crippen LogP contribution in [0.4, 0.5) is 4.79 Å². The van der Waals surface area contributed by atoms with Crippen LogP contribution in [-0.4, -0.2) is 72.6 Å². The van der Waals surface area contributed by atoms with Crippen molar-refractivity contribution < 1.29 is 19.1 Å². The number of urea groups is 1. The van der Waals surface area contributed by atoms with E-state index in [-0.39, 0.29) is 18.5 Å². The lowest BCUT2D eigenvalue weighted by molar-refractivity contribution is -0.139. The second-order valence-corrected chi connectivity index (χ2v) is 9.27. The number of benzene rings is 1. The predicted octanol–water partition coefficient (Wildman–Crippen LogP) is 1.66. The minimum absolute atomic E-state index is 0.242. The number of nitrogens with two attached hydrogens (primary N) is 1. The van der Waals surface area contributed by atoms with Crippen LogP contribution in [-0.2, 0) is 14.3 Å². The Labute approximate surface area is 200 Å². The molecule has 3 heterocycles. The highest BCUT2D eigenvalue weighted by Gasteiger charge is 2.45. The minimum Gasteiger partial charge on any atom is -0.463 e. The normalized spacial score (nSPS) is 23.7. The molecule has 9 nitrogen and oxygen atoms in total. The van der Waals surface area contributed by atoms with Crippen LogP contribution in [0.25, 0.3) is 0 Å². The van der Waals surface area contributed by atoms with Crippen molar-refractivity contribution in [2.45, 2.75) is 50.6 Å². The first-order valence-electron chi connectivity index (χ1n) is 12.2. The van der Waals surface area contributed by atoms with Gasteiger partial charge in [0.15, 0.2) is 0 Å². The molecule has 1 aromatic rings. The van der Waals surface area contributed by atoms with Crippen LogP contribution in [0.2, 0.25) is 0 Å². The largest absolute Gasteiger partial charge is 0.463 e. The smallest absolute Gasteiger partial charge is 0.338 e. The molecule has 3 aliphatic rings. The Balaban J connectivity index is 1.56. The first-order valence-corrected chi connectivity index (χ1v) is 12.2. The Morgan fingerprint density at radius 2 is 1.76 bits per heavy atom. The highest BCUT2D eigenvalue weighted by molar-refractivity contribution is 5.95. The highest BCUT2D eigenvalue weighted by atomic mass is 16.5. The Kier molecular flexibility index (Phi) is 7.53. The van der Waals surface area contributed by atoms with E-state index in [9.17, 15) is 14.4 Å². The second-order valence-electron chi connectivity index (χ2n) is 9.27. The van der Waals surface area contributed by atoms with Crippen molar-refractivity contribution in [3.8, 4) is 0 Å². The van der Waals surface area contributed by atoms with Gasteiger partial charge in [-0.15, -0.1) is 0 Å². The van der Waals surface area contributed by atoms with Crippen LogP contribution in [0.5, 0.6) is 0 Å². The van der Waals surface area contributed by atoms with Crippen molar-refractivity contribution >= 4 is 17.9 Å². The number of nitrogens with zero attached hydrogens (tertiary/aromatic N) is 2. The summed E-state index contributed by atoms with van der Waals surface area (Å²) in [6.45, 7) is 5.50. The van der Waals surface area contributed by atoms with E-state index < -0.39 is 17.6 Å². The molecule has 1 aromatic carbocycles. The molecule has 0 bridgehead atoms. The SMILES string of the molecule is CCOC(=O)C1=C(CN2CCC(C(N)=O)(N3CCCCC3)CC2)NC(=O)NC1c1ccccc1. The first-order chi connectivity index (χ1) is 16.4. The van der Waals surface area contributed by atoms with Crippen molar-refractivity contribution in [2.24, 2.45) is 5.73 Å². The third-order valence-electron chi connectivity index (χ3n) is 7.27. The van der Waals surface area contributed by atoms with Crippen LogP contribution < -0.4 is 16.4 Å². The van der Waals surface area contributed by atoms with Crippen LogP contribution in [0.1, 0.15) is 50.6 Å². The number of hydrogen-bond donors (Lipinski definition) is 3. The number of likely N-dealkylation sites (tertiary alicyclic amines) is 2. The molecule has 2 saturated heterocycles. The second kappa shape index (κ2) is 10.6. The van der Waals surface area contributed by atoms with Gasteiger partial charge in [0.25, 0.3) is 0 Å². The van der Waals surface area contributed by atoms with Gasteiger partial charge >= 0.3 is 12.0 Å². The van der Waals surface area contributed by atoms with Crippen molar-refractivity contribution in [1.82, 2.24) is 20.4 Å². The maximum Gasteiger partial charge on any atom is 0.338 e. The van der Waals surface area contributed by atoms with Gasteiger partial charge in [-0.25, -0.2) is 9.59 Å². The molecule has 0 radical (unpaired) electrons. The van der Waals surface area contributed by atoms with E-state index in [1.54, 1.807) is 6.92 Å². The molecule has 3 aliphatic heterocycles. The van der Waals surface area contributed by atoms with Gasteiger partial charge in [-0.3, -0.25) is 14.6 Å². The number of rotatable bonds is 7.